The number of benzene rings is 2. The maximum atomic E-state index is 6.84. The van der Waals surface area contributed by atoms with Crippen LogP contribution in [0.1, 0.15) is 47.0 Å². The summed E-state index contributed by atoms with van der Waals surface area (Å²) in [7, 11) is -2.39. The molecule has 25 heavy (non-hydrogen) atoms. The van der Waals surface area contributed by atoms with Crippen LogP contribution in [0.3, 0.4) is 0 Å². The standard InChI is InChI=1S/C22H33NOSi/c1-5-12-19(23)17-18-24-25(22(2,3)4,20-13-8-6-9-14-20)21-15-10-7-11-16-21/h6-11,13-16,19H,5,12,17-18,23H2,1-4H3. The van der Waals surface area contributed by atoms with Crippen molar-refractivity contribution in [3.8, 4) is 0 Å². The van der Waals surface area contributed by atoms with Crippen molar-refractivity contribution in [1.82, 2.24) is 0 Å². The summed E-state index contributed by atoms with van der Waals surface area (Å²) in [6.45, 7) is 9.83. The largest absolute Gasteiger partial charge is 0.407 e. The van der Waals surface area contributed by atoms with Crippen molar-refractivity contribution in [2.24, 2.45) is 5.73 Å². The van der Waals surface area contributed by atoms with Crippen molar-refractivity contribution in [2.45, 2.75) is 58.0 Å². The first-order valence-electron chi connectivity index (χ1n) is 9.42. The minimum absolute atomic E-state index is 0.0323. The molecule has 1 atom stereocenters. The Kier molecular flexibility index (Phi) is 7.00. The second-order valence-corrected chi connectivity index (χ2v) is 12.2. The summed E-state index contributed by atoms with van der Waals surface area (Å²) >= 11 is 0. The Morgan fingerprint density at radius 3 is 1.76 bits per heavy atom. The molecule has 0 aromatic heterocycles. The Morgan fingerprint density at radius 1 is 0.880 bits per heavy atom. The van der Waals surface area contributed by atoms with Gasteiger partial charge in [0, 0.05) is 12.6 Å². The molecular formula is C22H33NOSi. The molecular weight excluding hydrogens is 322 g/mol. The first-order chi connectivity index (χ1) is 11.9. The van der Waals surface area contributed by atoms with E-state index in [4.69, 9.17) is 10.2 Å². The zero-order chi connectivity index (χ0) is 18.3. The fourth-order valence-corrected chi connectivity index (χ4v) is 8.22. The molecule has 2 rings (SSSR count). The average molecular weight is 356 g/mol. The summed E-state index contributed by atoms with van der Waals surface area (Å²) in [6, 6.07) is 21.8. The molecule has 0 saturated carbocycles. The van der Waals surface area contributed by atoms with Crippen LogP contribution in [0.25, 0.3) is 0 Å². The molecule has 0 radical (unpaired) electrons. The van der Waals surface area contributed by atoms with Crippen LogP contribution < -0.4 is 16.1 Å². The molecule has 0 saturated heterocycles. The molecule has 0 bridgehead atoms. The van der Waals surface area contributed by atoms with E-state index >= 15 is 0 Å². The van der Waals surface area contributed by atoms with E-state index in [0.717, 1.165) is 19.3 Å². The van der Waals surface area contributed by atoms with Gasteiger partial charge >= 0.3 is 0 Å². The fraction of sp³-hybridized carbons (Fsp3) is 0.455. The highest BCUT2D eigenvalue weighted by molar-refractivity contribution is 6.99. The van der Waals surface area contributed by atoms with Gasteiger partial charge in [-0.05, 0) is 28.3 Å². The second kappa shape index (κ2) is 8.79. The summed E-state index contributed by atoms with van der Waals surface area (Å²) in [5.41, 5.74) is 6.24. The van der Waals surface area contributed by atoms with Gasteiger partial charge in [0.1, 0.15) is 0 Å². The Hall–Kier alpha value is -1.42. The summed E-state index contributed by atoms with van der Waals surface area (Å²) in [5.74, 6) is 0. The van der Waals surface area contributed by atoms with Gasteiger partial charge in [-0.15, -0.1) is 0 Å². The monoisotopic (exact) mass is 355 g/mol. The van der Waals surface area contributed by atoms with E-state index in [-0.39, 0.29) is 11.1 Å². The van der Waals surface area contributed by atoms with Crippen molar-refractivity contribution >= 4 is 18.7 Å². The van der Waals surface area contributed by atoms with Gasteiger partial charge in [0.15, 0.2) is 0 Å². The molecule has 0 aliphatic rings. The molecule has 0 spiro atoms. The normalized spacial score (nSPS) is 13.6. The van der Waals surface area contributed by atoms with Crippen molar-refractivity contribution < 1.29 is 4.43 Å². The van der Waals surface area contributed by atoms with Gasteiger partial charge in [0.25, 0.3) is 8.32 Å². The highest BCUT2D eigenvalue weighted by Crippen LogP contribution is 2.36. The average Bonchev–Trinajstić information content (AvgIpc) is 2.59. The van der Waals surface area contributed by atoms with Crippen molar-refractivity contribution in [3.05, 3.63) is 60.7 Å². The van der Waals surface area contributed by atoms with E-state index in [1.54, 1.807) is 0 Å². The van der Waals surface area contributed by atoms with Crippen molar-refractivity contribution in [1.29, 1.82) is 0 Å². The fourth-order valence-electron chi connectivity index (χ4n) is 3.64. The minimum atomic E-state index is -2.39. The van der Waals surface area contributed by atoms with Gasteiger partial charge < -0.3 is 10.2 Å². The van der Waals surface area contributed by atoms with Crippen LogP contribution in [-0.2, 0) is 4.43 Å². The lowest BCUT2D eigenvalue weighted by molar-refractivity contribution is 0.277. The van der Waals surface area contributed by atoms with E-state index in [1.165, 1.54) is 10.4 Å². The van der Waals surface area contributed by atoms with Crippen LogP contribution in [0.5, 0.6) is 0 Å². The van der Waals surface area contributed by atoms with E-state index < -0.39 is 8.32 Å². The van der Waals surface area contributed by atoms with Gasteiger partial charge in [0.05, 0.1) is 0 Å². The van der Waals surface area contributed by atoms with Crippen LogP contribution in [0.2, 0.25) is 5.04 Å². The van der Waals surface area contributed by atoms with E-state index in [1.807, 2.05) is 0 Å². The molecule has 0 fully saturated rings. The molecule has 2 aromatic carbocycles. The maximum Gasteiger partial charge on any atom is 0.261 e. The highest BCUT2D eigenvalue weighted by Gasteiger charge is 2.49. The molecule has 0 aliphatic carbocycles. The molecule has 2 N–H and O–H groups in total. The number of hydrogen-bond donors (Lipinski definition) is 1. The third kappa shape index (κ3) is 4.60. The molecule has 3 heteroatoms. The topological polar surface area (TPSA) is 35.2 Å². The van der Waals surface area contributed by atoms with Gasteiger partial charge in [0.2, 0.25) is 0 Å². The highest BCUT2D eigenvalue weighted by atomic mass is 28.4. The van der Waals surface area contributed by atoms with Gasteiger partial charge in [-0.1, -0.05) is 94.8 Å². The zero-order valence-electron chi connectivity index (χ0n) is 16.2. The zero-order valence-corrected chi connectivity index (χ0v) is 17.2. The quantitative estimate of drug-likeness (QED) is 0.724. The molecule has 0 heterocycles. The Balaban J connectivity index is 2.42. The number of rotatable bonds is 8. The van der Waals surface area contributed by atoms with Crippen LogP contribution in [0, 0.1) is 0 Å². The first kappa shape index (κ1) is 19.9. The summed E-state index contributed by atoms with van der Waals surface area (Å²) in [5, 5.41) is 2.69. The Labute approximate surface area is 154 Å². The smallest absolute Gasteiger partial charge is 0.261 e. The summed E-state index contributed by atoms with van der Waals surface area (Å²) in [4.78, 5) is 0. The number of nitrogens with two attached hydrogens (primary N) is 1. The van der Waals surface area contributed by atoms with Gasteiger partial charge in [-0.3, -0.25) is 0 Å². The summed E-state index contributed by atoms with van der Waals surface area (Å²) < 4.78 is 6.84. The minimum Gasteiger partial charge on any atom is -0.407 e. The van der Waals surface area contributed by atoms with E-state index in [9.17, 15) is 0 Å². The molecule has 2 aromatic rings. The Bertz CT molecular complexity index is 582. The van der Waals surface area contributed by atoms with Crippen LogP contribution in [-0.4, -0.2) is 21.0 Å². The van der Waals surface area contributed by atoms with Gasteiger partial charge in [-0.2, -0.15) is 0 Å². The van der Waals surface area contributed by atoms with Crippen molar-refractivity contribution in [2.75, 3.05) is 6.61 Å². The lowest BCUT2D eigenvalue weighted by atomic mass is 10.1. The Morgan fingerprint density at radius 2 is 1.36 bits per heavy atom. The number of hydrogen-bond acceptors (Lipinski definition) is 2. The third-order valence-electron chi connectivity index (χ3n) is 4.88. The van der Waals surface area contributed by atoms with Crippen LogP contribution in [0.4, 0.5) is 0 Å². The van der Waals surface area contributed by atoms with E-state index in [2.05, 4.69) is 88.4 Å². The van der Waals surface area contributed by atoms with E-state index in [0.29, 0.717) is 6.61 Å². The molecule has 1 unspecified atom stereocenters. The van der Waals surface area contributed by atoms with Crippen LogP contribution >= 0.6 is 0 Å². The van der Waals surface area contributed by atoms with Crippen LogP contribution in [0.15, 0.2) is 60.7 Å². The lowest BCUT2D eigenvalue weighted by Gasteiger charge is -2.43. The van der Waals surface area contributed by atoms with Gasteiger partial charge in [-0.25, -0.2) is 0 Å². The maximum absolute atomic E-state index is 6.84. The SMILES string of the molecule is CCCC(N)CCO[Si](c1ccccc1)(c1ccccc1)C(C)(C)C. The summed E-state index contributed by atoms with van der Waals surface area (Å²) in [6.07, 6.45) is 3.10. The molecule has 0 aliphatic heterocycles. The molecule has 136 valence electrons. The third-order valence-corrected chi connectivity index (χ3v) is 9.93. The lowest BCUT2D eigenvalue weighted by Crippen LogP contribution is -2.66. The predicted molar refractivity (Wildman–Crippen MR) is 111 cm³/mol. The molecule has 0 amide bonds. The predicted octanol–water partition coefficient (Wildman–Crippen LogP) is 4.08. The molecule has 2 nitrogen and oxygen atoms in total. The van der Waals surface area contributed by atoms with Crippen molar-refractivity contribution in [3.63, 3.8) is 0 Å². The first-order valence-corrected chi connectivity index (χ1v) is 11.3. The second-order valence-electron chi connectivity index (χ2n) is 7.85.